The van der Waals surface area contributed by atoms with Crippen LogP contribution in [0.4, 0.5) is 0 Å². The van der Waals surface area contributed by atoms with Crippen molar-refractivity contribution in [3.05, 3.63) is 88.4 Å². The summed E-state index contributed by atoms with van der Waals surface area (Å²) in [7, 11) is 0. The summed E-state index contributed by atoms with van der Waals surface area (Å²) in [4.78, 5) is 18.2. The van der Waals surface area contributed by atoms with Gasteiger partial charge >= 0.3 is 5.69 Å². The smallest absolute Gasteiger partial charge is 0.340 e. The number of aromatic amines is 2. The molecule has 2 N–H and O–H groups in total. The zero-order chi connectivity index (χ0) is 18.5. The van der Waals surface area contributed by atoms with Gasteiger partial charge in [-0.1, -0.05) is 30.3 Å². The Morgan fingerprint density at radius 3 is 2.59 bits per heavy atom. The van der Waals surface area contributed by atoms with Crippen LogP contribution in [-0.4, -0.2) is 26.8 Å². The summed E-state index contributed by atoms with van der Waals surface area (Å²) < 4.78 is 11.3. The molecule has 27 heavy (non-hydrogen) atoms. The van der Waals surface area contributed by atoms with Crippen molar-refractivity contribution in [3.63, 3.8) is 0 Å². The van der Waals surface area contributed by atoms with Gasteiger partial charge in [0.05, 0.1) is 12.3 Å². The van der Waals surface area contributed by atoms with Crippen molar-refractivity contribution in [2.24, 2.45) is 0 Å². The van der Waals surface area contributed by atoms with Crippen molar-refractivity contribution in [1.82, 2.24) is 20.2 Å². The molecule has 0 spiro atoms. The number of ether oxygens (including phenoxy) is 1. The summed E-state index contributed by atoms with van der Waals surface area (Å²) in [6, 6.07) is 17.5. The number of H-pyrrole nitrogens is 2. The summed E-state index contributed by atoms with van der Waals surface area (Å²) in [5.41, 5.74) is 2.55. The third kappa shape index (κ3) is 4.33. The van der Waals surface area contributed by atoms with E-state index in [2.05, 4.69) is 20.2 Å². The first-order chi connectivity index (χ1) is 13.3. The molecule has 0 unspecified atom stereocenters. The van der Waals surface area contributed by atoms with Crippen LogP contribution in [0.25, 0.3) is 11.5 Å². The molecule has 0 bridgehead atoms. The number of hydrogen-bond acceptors (Lipinski definition) is 5. The normalized spacial score (nSPS) is 10.8. The summed E-state index contributed by atoms with van der Waals surface area (Å²) in [5.74, 6) is 2.00. The molecule has 7 heteroatoms. The molecule has 0 aliphatic heterocycles. The minimum absolute atomic E-state index is 0.298. The molecule has 0 saturated heterocycles. The number of benzene rings is 2. The van der Waals surface area contributed by atoms with E-state index in [0.29, 0.717) is 31.2 Å². The first kappa shape index (κ1) is 16.8. The van der Waals surface area contributed by atoms with Gasteiger partial charge in [-0.05, 0) is 29.8 Å². The number of hydrogen-bond donors (Lipinski definition) is 2. The highest BCUT2D eigenvalue weighted by molar-refractivity contribution is 5.52. The molecular weight excluding hydrogens is 344 g/mol. The van der Waals surface area contributed by atoms with Gasteiger partial charge in [-0.2, -0.15) is 5.10 Å². The summed E-state index contributed by atoms with van der Waals surface area (Å²) in [6.45, 7) is 0.507. The van der Waals surface area contributed by atoms with Gasteiger partial charge in [0.25, 0.3) is 0 Å². The molecule has 2 heterocycles. The number of nitrogens with zero attached hydrogens (tertiary/aromatic N) is 2. The van der Waals surface area contributed by atoms with Crippen LogP contribution in [0.3, 0.4) is 0 Å². The molecule has 2 aromatic heterocycles. The van der Waals surface area contributed by atoms with E-state index in [4.69, 9.17) is 9.15 Å². The standard InChI is InChI=1S/C20H18N4O3/c25-20-22-18(23-24-20)12-14-6-8-17(9-7-14)26-11-10-16-13-27-19(21-16)15-4-2-1-3-5-15/h1-9,13H,10-12H2,(H2,22,23,24,25). The Morgan fingerprint density at radius 2 is 1.85 bits per heavy atom. The summed E-state index contributed by atoms with van der Waals surface area (Å²) in [6.07, 6.45) is 2.88. The Hall–Kier alpha value is -3.61. The Morgan fingerprint density at radius 1 is 1.04 bits per heavy atom. The molecule has 0 aliphatic carbocycles. The van der Waals surface area contributed by atoms with E-state index in [1.165, 1.54) is 0 Å². The van der Waals surface area contributed by atoms with Crippen LogP contribution in [0.5, 0.6) is 5.75 Å². The third-order valence-corrected chi connectivity index (χ3v) is 4.04. The molecule has 7 nitrogen and oxygen atoms in total. The first-order valence-corrected chi connectivity index (χ1v) is 8.61. The number of rotatable bonds is 7. The van der Waals surface area contributed by atoms with Crippen LogP contribution in [0.2, 0.25) is 0 Å². The lowest BCUT2D eigenvalue weighted by molar-refractivity contribution is 0.320. The second kappa shape index (κ2) is 7.74. The fraction of sp³-hybridized carbons (Fsp3) is 0.150. The zero-order valence-electron chi connectivity index (χ0n) is 14.5. The number of aromatic nitrogens is 4. The molecule has 0 radical (unpaired) electrons. The van der Waals surface area contributed by atoms with Gasteiger partial charge in [-0.15, -0.1) is 0 Å². The highest BCUT2D eigenvalue weighted by Gasteiger charge is 2.06. The molecule has 0 saturated carbocycles. The Kier molecular flexibility index (Phi) is 4.82. The molecule has 0 atom stereocenters. The molecule has 136 valence electrons. The number of nitrogens with one attached hydrogen (secondary N) is 2. The summed E-state index contributed by atoms with van der Waals surface area (Å²) in [5, 5.41) is 6.26. The predicted molar refractivity (Wildman–Crippen MR) is 99.6 cm³/mol. The van der Waals surface area contributed by atoms with E-state index in [9.17, 15) is 4.79 Å². The first-order valence-electron chi connectivity index (χ1n) is 8.61. The molecule has 0 fully saturated rings. The summed E-state index contributed by atoms with van der Waals surface area (Å²) >= 11 is 0. The Labute approximate surface area is 155 Å². The van der Waals surface area contributed by atoms with Gasteiger partial charge < -0.3 is 9.15 Å². The van der Waals surface area contributed by atoms with E-state index in [0.717, 1.165) is 22.6 Å². The van der Waals surface area contributed by atoms with Crippen LogP contribution >= 0.6 is 0 Å². The monoisotopic (exact) mass is 362 g/mol. The van der Waals surface area contributed by atoms with E-state index >= 15 is 0 Å². The largest absolute Gasteiger partial charge is 0.493 e. The van der Waals surface area contributed by atoms with Crippen molar-refractivity contribution in [2.45, 2.75) is 12.8 Å². The molecular formula is C20H18N4O3. The van der Waals surface area contributed by atoms with Crippen molar-refractivity contribution in [3.8, 4) is 17.2 Å². The maximum absolute atomic E-state index is 11.0. The van der Waals surface area contributed by atoms with Crippen molar-refractivity contribution in [1.29, 1.82) is 0 Å². The second-order valence-electron chi connectivity index (χ2n) is 6.05. The third-order valence-electron chi connectivity index (χ3n) is 4.04. The van der Waals surface area contributed by atoms with Crippen LogP contribution in [0.1, 0.15) is 17.1 Å². The lowest BCUT2D eigenvalue weighted by Gasteiger charge is -2.05. The fourth-order valence-electron chi connectivity index (χ4n) is 2.69. The van der Waals surface area contributed by atoms with Crippen LogP contribution in [-0.2, 0) is 12.8 Å². The highest BCUT2D eigenvalue weighted by Crippen LogP contribution is 2.18. The van der Waals surface area contributed by atoms with Crippen molar-refractivity contribution >= 4 is 0 Å². The lowest BCUT2D eigenvalue weighted by atomic mass is 10.1. The molecule has 4 aromatic rings. The van der Waals surface area contributed by atoms with Crippen LogP contribution in [0.15, 0.2) is 70.1 Å². The second-order valence-corrected chi connectivity index (χ2v) is 6.05. The Bertz CT molecular complexity index is 1050. The van der Waals surface area contributed by atoms with E-state index < -0.39 is 0 Å². The number of oxazole rings is 1. The van der Waals surface area contributed by atoms with Crippen molar-refractivity contribution in [2.75, 3.05) is 6.61 Å². The minimum atomic E-state index is -0.298. The molecule has 0 aliphatic rings. The van der Waals surface area contributed by atoms with Crippen LogP contribution < -0.4 is 10.4 Å². The van der Waals surface area contributed by atoms with E-state index in [-0.39, 0.29) is 5.69 Å². The predicted octanol–water partition coefficient (Wildman–Crippen LogP) is 2.97. The zero-order valence-corrected chi connectivity index (χ0v) is 14.5. The molecule has 4 rings (SSSR count). The lowest BCUT2D eigenvalue weighted by Crippen LogP contribution is -2.02. The average molecular weight is 362 g/mol. The Balaban J connectivity index is 1.29. The van der Waals surface area contributed by atoms with Gasteiger partial charge in [-0.25, -0.2) is 14.9 Å². The molecule has 2 aromatic carbocycles. The molecule has 0 amide bonds. The van der Waals surface area contributed by atoms with Gasteiger partial charge in [0.15, 0.2) is 0 Å². The van der Waals surface area contributed by atoms with Gasteiger partial charge in [0, 0.05) is 18.4 Å². The minimum Gasteiger partial charge on any atom is -0.493 e. The fourth-order valence-corrected chi connectivity index (χ4v) is 2.69. The van der Waals surface area contributed by atoms with Gasteiger partial charge in [0.2, 0.25) is 5.89 Å². The topological polar surface area (TPSA) is 96.8 Å². The van der Waals surface area contributed by atoms with Gasteiger partial charge in [0.1, 0.15) is 17.8 Å². The maximum atomic E-state index is 11.0. The average Bonchev–Trinajstić information content (AvgIpc) is 3.33. The van der Waals surface area contributed by atoms with Crippen LogP contribution in [0, 0.1) is 0 Å². The highest BCUT2D eigenvalue weighted by atomic mass is 16.5. The quantitative estimate of drug-likeness (QED) is 0.527. The SMILES string of the molecule is O=c1[nH]nc(Cc2ccc(OCCc3coc(-c4ccccc4)n3)cc2)[nH]1. The van der Waals surface area contributed by atoms with E-state index in [1.54, 1.807) is 6.26 Å². The van der Waals surface area contributed by atoms with E-state index in [1.807, 2.05) is 54.6 Å². The van der Waals surface area contributed by atoms with Gasteiger partial charge in [-0.3, -0.25) is 4.98 Å². The van der Waals surface area contributed by atoms with Crippen molar-refractivity contribution < 1.29 is 9.15 Å². The maximum Gasteiger partial charge on any atom is 0.340 e.